The Balaban J connectivity index is 1.94. The third-order valence-corrected chi connectivity index (χ3v) is 4.36. The van der Waals surface area contributed by atoms with E-state index in [9.17, 15) is 4.79 Å². The highest BCUT2D eigenvalue weighted by molar-refractivity contribution is 9.10. The Morgan fingerprint density at radius 3 is 2.50 bits per heavy atom. The molecular weight excluding hydrogens is 340 g/mol. The van der Waals surface area contributed by atoms with Gasteiger partial charge in [0, 0.05) is 17.3 Å². The van der Waals surface area contributed by atoms with Crippen LogP contribution in [0, 0.1) is 0 Å². The van der Waals surface area contributed by atoms with Crippen molar-refractivity contribution >= 4 is 27.5 Å². The molecule has 1 amide bonds. The normalized spacial score (nSPS) is 17.5. The molecule has 1 unspecified atom stereocenters. The number of hydrazone groups is 1. The predicted molar refractivity (Wildman–Crippen MR) is 91.6 cm³/mol. The summed E-state index contributed by atoms with van der Waals surface area (Å²) in [5.74, 6) is 0.0545. The van der Waals surface area contributed by atoms with Gasteiger partial charge in [-0.2, -0.15) is 5.10 Å². The van der Waals surface area contributed by atoms with Crippen LogP contribution in [0.5, 0.6) is 0 Å². The Hall–Kier alpha value is -1.94. The molecule has 0 saturated heterocycles. The van der Waals surface area contributed by atoms with Gasteiger partial charge in [-0.25, -0.2) is 5.01 Å². The van der Waals surface area contributed by atoms with Crippen molar-refractivity contribution in [2.24, 2.45) is 5.10 Å². The molecule has 0 saturated carbocycles. The molecule has 1 aliphatic rings. The molecule has 0 spiro atoms. The Morgan fingerprint density at radius 2 is 1.86 bits per heavy atom. The van der Waals surface area contributed by atoms with Gasteiger partial charge in [-0.3, -0.25) is 4.79 Å². The number of benzene rings is 2. The number of rotatable bonds is 3. The van der Waals surface area contributed by atoms with Crippen LogP contribution < -0.4 is 0 Å². The summed E-state index contributed by atoms with van der Waals surface area (Å²) in [4.78, 5) is 12.3. The topological polar surface area (TPSA) is 32.7 Å². The summed E-state index contributed by atoms with van der Waals surface area (Å²) >= 11 is 3.45. The molecular formula is C18H17BrN2O. The zero-order valence-corrected chi connectivity index (χ0v) is 14.0. The highest BCUT2D eigenvalue weighted by atomic mass is 79.9. The number of carbonyl (C=O) groups excluding carboxylic acids is 1. The molecule has 1 heterocycles. The molecule has 0 aliphatic carbocycles. The maximum absolute atomic E-state index is 12.3. The highest BCUT2D eigenvalue weighted by Crippen LogP contribution is 2.33. The van der Waals surface area contributed by atoms with E-state index in [-0.39, 0.29) is 11.9 Å². The predicted octanol–water partition coefficient (Wildman–Crippen LogP) is 4.54. The van der Waals surface area contributed by atoms with Crippen LogP contribution in [0.1, 0.15) is 36.9 Å². The van der Waals surface area contributed by atoms with Crippen molar-refractivity contribution < 1.29 is 4.79 Å². The van der Waals surface area contributed by atoms with E-state index in [0.717, 1.165) is 27.7 Å². The fourth-order valence-electron chi connectivity index (χ4n) is 2.65. The number of carbonyl (C=O) groups is 1. The van der Waals surface area contributed by atoms with Gasteiger partial charge in [0.15, 0.2) is 0 Å². The minimum absolute atomic E-state index is 0.0178. The molecule has 1 atom stereocenters. The van der Waals surface area contributed by atoms with Crippen molar-refractivity contribution in [3.8, 4) is 0 Å². The Morgan fingerprint density at radius 1 is 1.18 bits per heavy atom. The van der Waals surface area contributed by atoms with Crippen molar-refractivity contribution in [1.29, 1.82) is 0 Å². The van der Waals surface area contributed by atoms with Crippen molar-refractivity contribution in [1.82, 2.24) is 5.01 Å². The molecule has 2 aromatic carbocycles. The van der Waals surface area contributed by atoms with Gasteiger partial charge >= 0.3 is 0 Å². The SMILES string of the molecule is CCC(=O)N1N=C(c2ccccc2)CC1c1ccc(Br)cc1. The second-order valence-electron chi connectivity index (χ2n) is 5.28. The minimum Gasteiger partial charge on any atom is -0.273 e. The van der Waals surface area contributed by atoms with Gasteiger partial charge in [0.05, 0.1) is 11.8 Å². The molecule has 0 radical (unpaired) electrons. The average Bonchev–Trinajstić information content (AvgIpc) is 3.01. The number of hydrogen-bond acceptors (Lipinski definition) is 2. The van der Waals surface area contributed by atoms with Gasteiger partial charge in [-0.15, -0.1) is 0 Å². The molecule has 1 aliphatic heterocycles. The lowest BCUT2D eigenvalue weighted by atomic mass is 9.98. The smallest absolute Gasteiger partial charge is 0.242 e. The fourth-order valence-corrected chi connectivity index (χ4v) is 2.92. The van der Waals surface area contributed by atoms with E-state index in [2.05, 4.69) is 21.0 Å². The molecule has 0 aromatic heterocycles. The summed E-state index contributed by atoms with van der Waals surface area (Å²) in [6.07, 6.45) is 1.20. The second-order valence-corrected chi connectivity index (χ2v) is 6.19. The lowest BCUT2D eigenvalue weighted by molar-refractivity contribution is -0.132. The summed E-state index contributed by atoms with van der Waals surface area (Å²) in [6.45, 7) is 1.87. The molecule has 0 N–H and O–H groups in total. The third kappa shape index (κ3) is 2.97. The number of amides is 1. The lowest BCUT2D eigenvalue weighted by Crippen LogP contribution is -2.26. The summed E-state index contributed by atoms with van der Waals surface area (Å²) in [6, 6.07) is 18.1. The molecule has 0 bridgehead atoms. The largest absolute Gasteiger partial charge is 0.273 e. The zero-order chi connectivity index (χ0) is 15.5. The van der Waals surface area contributed by atoms with Crippen LogP contribution in [0.25, 0.3) is 0 Å². The van der Waals surface area contributed by atoms with Crippen molar-refractivity contribution in [3.63, 3.8) is 0 Å². The van der Waals surface area contributed by atoms with Gasteiger partial charge in [0.2, 0.25) is 5.91 Å². The zero-order valence-electron chi connectivity index (χ0n) is 12.4. The minimum atomic E-state index is -0.0178. The van der Waals surface area contributed by atoms with Gasteiger partial charge in [-0.1, -0.05) is 65.3 Å². The summed E-state index contributed by atoms with van der Waals surface area (Å²) in [7, 11) is 0. The monoisotopic (exact) mass is 356 g/mol. The van der Waals surface area contributed by atoms with Crippen LogP contribution in [-0.4, -0.2) is 16.6 Å². The molecule has 3 rings (SSSR count). The van der Waals surface area contributed by atoms with Crippen molar-refractivity contribution in [2.45, 2.75) is 25.8 Å². The average molecular weight is 357 g/mol. The Kier molecular flexibility index (Phi) is 4.39. The molecule has 22 heavy (non-hydrogen) atoms. The van der Waals surface area contributed by atoms with Crippen molar-refractivity contribution in [3.05, 3.63) is 70.2 Å². The first-order valence-electron chi connectivity index (χ1n) is 7.39. The van der Waals surface area contributed by atoms with Gasteiger partial charge < -0.3 is 0 Å². The van der Waals surface area contributed by atoms with E-state index in [1.54, 1.807) is 5.01 Å². The van der Waals surface area contributed by atoms with Gasteiger partial charge in [-0.05, 0) is 23.3 Å². The first kappa shape index (κ1) is 15.0. The number of nitrogens with zero attached hydrogens (tertiary/aromatic N) is 2. The van der Waals surface area contributed by atoms with Crippen LogP contribution in [0.4, 0.5) is 0 Å². The van der Waals surface area contributed by atoms with Crippen LogP contribution in [0.15, 0.2) is 64.2 Å². The highest BCUT2D eigenvalue weighted by Gasteiger charge is 2.32. The standard InChI is InChI=1S/C18H17BrN2O/c1-2-18(22)21-17(14-8-10-15(19)11-9-14)12-16(20-21)13-6-4-3-5-7-13/h3-11,17H,2,12H2,1H3. The number of halogens is 1. The molecule has 112 valence electrons. The Labute approximate surface area is 138 Å². The van der Waals surface area contributed by atoms with Gasteiger partial charge in [0.1, 0.15) is 0 Å². The van der Waals surface area contributed by atoms with Crippen molar-refractivity contribution in [2.75, 3.05) is 0 Å². The van der Waals surface area contributed by atoms with Gasteiger partial charge in [0.25, 0.3) is 0 Å². The van der Waals surface area contributed by atoms with Crippen LogP contribution in [-0.2, 0) is 4.79 Å². The summed E-state index contributed by atoms with van der Waals surface area (Å²) in [5.41, 5.74) is 3.16. The molecule has 3 nitrogen and oxygen atoms in total. The molecule has 0 fully saturated rings. The van der Waals surface area contributed by atoms with E-state index in [4.69, 9.17) is 0 Å². The molecule has 4 heteroatoms. The lowest BCUT2D eigenvalue weighted by Gasteiger charge is -2.21. The third-order valence-electron chi connectivity index (χ3n) is 3.83. The number of hydrogen-bond donors (Lipinski definition) is 0. The van der Waals surface area contributed by atoms with Crippen LogP contribution in [0.3, 0.4) is 0 Å². The van der Waals surface area contributed by atoms with Crippen LogP contribution in [0.2, 0.25) is 0 Å². The summed E-state index contributed by atoms with van der Waals surface area (Å²) in [5, 5.41) is 6.24. The maximum atomic E-state index is 12.3. The maximum Gasteiger partial charge on any atom is 0.242 e. The van der Waals surface area contributed by atoms with E-state index in [1.165, 1.54) is 0 Å². The van der Waals surface area contributed by atoms with E-state index < -0.39 is 0 Å². The fraction of sp³-hybridized carbons (Fsp3) is 0.222. The van der Waals surface area contributed by atoms with Crippen LogP contribution >= 0.6 is 15.9 Å². The first-order chi connectivity index (χ1) is 10.7. The summed E-state index contributed by atoms with van der Waals surface area (Å²) < 4.78 is 1.03. The molecule has 2 aromatic rings. The van der Waals surface area contributed by atoms with E-state index in [0.29, 0.717) is 6.42 Å². The van der Waals surface area contributed by atoms with E-state index >= 15 is 0 Å². The first-order valence-corrected chi connectivity index (χ1v) is 8.18. The van der Waals surface area contributed by atoms with E-state index in [1.807, 2.05) is 61.5 Å². The second kappa shape index (κ2) is 6.44. The quantitative estimate of drug-likeness (QED) is 0.794. The Bertz CT molecular complexity index is 695.